The van der Waals surface area contributed by atoms with Gasteiger partial charge in [-0.2, -0.15) is 39.5 Å². The van der Waals surface area contributed by atoms with E-state index < -0.39 is 41.3 Å². The van der Waals surface area contributed by atoms with Gasteiger partial charge in [-0.3, -0.25) is 9.48 Å². The molecule has 0 saturated heterocycles. The van der Waals surface area contributed by atoms with Crippen molar-refractivity contribution >= 4 is 11.7 Å². The van der Waals surface area contributed by atoms with Crippen LogP contribution in [0.2, 0.25) is 0 Å². The molecule has 0 spiro atoms. The highest BCUT2D eigenvalue weighted by atomic mass is 19.4. The first-order valence-electron chi connectivity index (χ1n) is 8.09. The minimum atomic E-state index is -6.99. The number of hydrogen-bond acceptors (Lipinski definition) is 2. The van der Waals surface area contributed by atoms with E-state index in [9.17, 15) is 49.1 Å². The molecule has 1 aromatic carbocycles. The molecule has 0 saturated carbocycles. The van der Waals surface area contributed by atoms with Crippen molar-refractivity contribution in [1.29, 1.82) is 0 Å². The van der Waals surface area contributed by atoms with E-state index in [1.807, 2.05) is 0 Å². The molecule has 2 N–H and O–H groups in total. The fourth-order valence-corrected chi connectivity index (χ4v) is 2.72. The van der Waals surface area contributed by atoms with E-state index in [2.05, 4.69) is 0 Å². The maximum absolute atomic E-state index is 13.0. The molecule has 1 heterocycles. The number of amides is 2. The van der Waals surface area contributed by atoms with Gasteiger partial charge in [0.25, 0.3) is 5.56 Å². The van der Waals surface area contributed by atoms with E-state index in [4.69, 9.17) is 0 Å². The molecule has 15 heteroatoms. The molecule has 0 aliphatic rings. The van der Waals surface area contributed by atoms with Crippen LogP contribution in [-0.4, -0.2) is 39.5 Å². The number of carbonyl (C=O) groups is 1. The van der Waals surface area contributed by atoms with Crippen molar-refractivity contribution in [2.24, 2.45) is 7.05 Å². The van der Waals surface area contributed by atoms with Gasteiger partial charge in [0.05, 0.1) is 11.4 Å². The first-order chi connectivity index (χ1) is 14.0. The molecular weight excluding hydrogens is 451 g/mol. The average molecular weight is 464 g/mol. The summed E-state index contributed by atoms with van der Waals surface area (Å²) in [4.78, 5) is 24.4. The van der Waals surface area contributed by atoms with Crippen LogP contribution in [0, 0.1) is 6.92 Å². The van der Waals surface area contributed by atoms with Gasteiger partial charge in [-0.15, -0.1) is 0 Å². The molecule has 6 nitrogen and oxygen atoms in total. The summed E-state index contributed by atoms with van der Waals surface area (Å²) in [6.45, 7) is 1.17. The van der Waals surface area contributed by atoms with E-state index in [1.54, 1.807) is 6.07 Å². The second-order valence-corrected chi connectivity index (χ2v) is 6.26. The van der Waals surface area contributed by atoms with Crippen molar-refractivity contribution < 1.29 is 44.3 Å². The highest BCUT2D eigenvalue weighted by molar-refractivity contribution is 5.90. The Morgan fingerprint density at radius 3 is 1.74 bits per heavy atom. The number of halogens is 9. The van der Waals surface area contributed by atoms with Crippen molar-refractivity contribution in [2.75, 3.05) is 5.32 Å². The van der Waals surface area contributed by atoms with E-state index in [1.165, 1.54) is 43.6 Å². The molecule has 0 radical (unpaired) electrons. The topological polar surface area (TPSA) is 68.1 Å². The summed E-state index contributed by atoms with van der Waals surface area (Å²) in [5.41, 5.74) is -8.41. The van der Waals surface area contributed by atoms with Crippen LogP contribution < -0.4 is 16.2 Å². The zero-order chi connectivity index (χ0) is 24.0. The van der Waals surface area contributed by atoms with Crippen molar-refractivity contribution in [3.8, 4) is 5.69 Å². The summed E-state index contributed by atoms with van der Waals surface area (Å²) in [5.74, 6) is 0. The van der Waals surface area contributed by atoms with Gasteiger partial charge in [0.2, 0.25) is 0 Å². The molecule has 2 amide bonds. The number of nitrogens with zero attached hydrogens (tertiary/aromatic N) is 2. The van der Waals surface area contributed by atoms with Gasteiger partial charge in [0, 0.05) is 7.05 Å². The average Bonchev–Trinajstić information content (AvgIpc) is 2.80. The van der Waals surface area contributed by atoms with Crippen LogP contribution in [-0.2, 0) is 7.05 Å². The predicted octanol–water partition coefficient (Wildman–Crippen LogP) is 4.03. The standard InChI is InChI=1S/C16H13F9N4O2/c1-8-10(11(30)29(28(8)2)9-6-4-3-5-7-9)26-12(31)27-13(14(17,18)19,15(20,21)22)16(23,24)25/h3-7H,1-2H3,(H2,26,27,31). The number of alkyl halides is 9. The Morgan fingerprint density at radius 2 is 1.32 bits per heavy atom. The predicted molar refractivity (Wildman–Crippen MR) is 88.8 cm³/mol. The summed E-state index contributed by atoms with van der Waals surface area (Å²) in [7, 11) is 1.28. The lowest BCUT2D eigenvalue weighted by Gasteiger charge is -2.38. The van der Waals surface area contributed by atoms with Gasteiger partial charge in [0.1, 0.15) is 5.69 Å². The van der Waals surface area contributed by atoms with Crippen molar-refractivity contribution in [3.05, 3.63) is 46.4 Å². The lowest BCUT2D eigenvalue weighted by atomic mass is 9.97. The zero-order valence-electron chi connectivity index (χ0n) is 15.5. The Morgan fingerprint density at radius 1 is 0.871 bits per heavy atom. The third-order valence-corrected chi connectivity index (χ3v) is 4.37. The Bertz CT molecular complexity index is 981. The van der Waals surface area contributed by atoms with Gasteiger partial charge in [-0.05, 0) is 19.1 Å². The fourth-order valence-electron chi connectivity index (χ4n) is 2.72. The molecule has 31 heavy (non-hydrogen) atoms. The second kappa shape index (κ2) is 7.53. The SMILES string of the molecule is Cc1c(NC(=O)NC(C(F)(F)F)(C(F)(F)F)C(F)(F)F)c(=O)n(-c2ccccc2)n1C. The molecular formula is C16H13F9N4O2. The number of benzene rings is 1. The molecule has 1 aromatic heterocycles. The first kappa shape index (κ1) is 24.1. The summed E-state index contributed by atoms with van der Waals surface area (Å²) < 4.78 is 119. The number of rotatable bonds is 3. The molecule has 2 rings (SSSR count). The molecule has 172 valence electrons. The van der Waals surface area contributed by atoms with Crippen LogP contribution in [0.25, 0.3) is 5.69 Å². The number of urea groups is 1. The normalized spacial score (nSPS) is 13.3. The Labute approximate surface area is 167 Å². The number of para-hydroxylation sites is 1. The third kappa shape index (κ3) is 3.95. The maximum atomic E-state index is 13.0. The highest BCUT2D eigenvalue weighted by Crippen LogP contribution is 2.52. The number of hydrogen-bond donors (Lipinski definition) is 2. The number of anilines is 1. The van der Waals surface area contributed by atoms with E-state index in [-0.39, 0.29) is 16.7 Å². The van der Waals surface area contributed by atoms with Crippen LogP contribution in [0.5, 0.6) is 0 Å². The molecule has 2 aromatic rings. The van der Waals surface area contributed by atoms with Crippen LogP contribution in [0.15, 0.2) is 35.1 Å². The van der Waals surface area contributed by atoms with E-state index >= 15 is 0 Å². The quantitative estimate of drug-likeness (QED) is 0.674. The zero-order valence-corrected chi connectivity index (χ0v) is 15.5. The summed E-state index contributed by atoms with van der Waals surface area (Å²) in [5, 5.41) is 1.32. The fraction of sp³-hybridized carbons (Fsp3) is 0.375. The molecule has 0 fully saturated rings. The summed E-state index contributed by atoms with van der Waals surface area (Å²) >= 11 is 0. The molecule has 0 aliphatic carbocycles. The number of nitrogens with one attached hydrogen (secondary N) is 2. The lowest BCUT2D eigenvalue weighted by Crippen LogP contribution is -2.75. The number of carbonyl (C=O) groups excluding carboxylic acids is 1. The Kier molecular flexibility index (Phi) is 5.86. The molecule has 0 atom stereocenters. The van der Waals surface area contributed by atoms with Crippen molar-refractivity contribution in [1.82, 2.24) is 14.7 Å². The van der Waals surface area contributed by atoms with E-state index in [0.29, 0.717) is 0 Å². The largest absolute Gasteiger partial charge is 0.429 e. The second-order valence-electron chi connectivity index (χ2n) is 6.26. The van der Waals surface area contributed by atoms with Crippen LogP contribution in [0.4, 0.5) is 50.0 Å². The van der Waals surface area contributed by atoms with E-state index in [0.717, 1.165) is 9.36 Å². The molecule has 0 aliphatic heterocycles. The lowest BCUT2D eigenvalue weighted by molar-refractivity contribution is -0.386. The smallest absolute Gasteiger partial charge is 0.308 e. The van der Waals surface area contributed by atoms with Gasteiger partial charge in [-0.25, -0.2) is 9.48 Å². The summed E-state index contributed by atoms with van der Waals surface area (Å²) in [6.07, 6.45) is -21.0. The maximum Gasteiger partial charge on any atom is 0.429 e. The van der Waals surface area contributed by atoms with Crippen LogP contribution in [0.1, 0.15) is 5.69 Å². The molecule has 0 bridgehead atoms. The van der Waals surface area contributed by atoms with Crippen LogP contribution >= 0.6 is 0 Å². The minimum Gasteiger partial charge on any atom is -0.308 e. The Balaban J connectivity index is 2.52. The Hall–Kier alpha value is -3.13. The van der Waals surface area contributed by atoms with Crippen molar-refractivity contribution in [3.63, 3.8) is 0 Å². The number of aromatic nitrogens is 2. The van der Waals surface area contributed by atoms with Crippen LogP contribution in [0.3, 0.4) is 0 Å². The molecule has 0 unspecified atom stereocenters. The highest BCUT2D eigenvalue weighted by Gasteiger charge is 2.84. The van der Waals surface area contributed by atoms with Gasteiger partial charge < -0.3 is 10.6 Å². The van der Waals surface area contributed by atoms with Crippen molar-refractivity contribution in [2.45, 2.75) is 31.0 Å². The van der Waals surface area contributed by atoms with Gasteiger partial charge in [-0.1, -0.05) is 18.2 Å². The monoisotopic (exact) mass is 464 g/mol. The first-order valence-corrected chi connectivity index (χ1v) is 8.09. The van der Waals surface area contributed by atoms with Gasteiger partial charge >= 0.3 is 30.1 Å². The minimum absolute atomic E-state index is 0.0607. The summed E-state index contributed by atoms with van der Waals surface area (Å²) in [6, 6.07) is 4.92. The van der Waals surface area contributed by atoms with Gasteiger partial charge in [0.15, 0.2) is 0 Å². The third-order valence-electron chi connectivity index (χ3n) is 4.37.